The van der Waals surface area contributed by atoms with Gasteiger partial charge < -0.3 is 19.4 Å². The van der Waals surface area contributed by atoms with Crippen LogP contribution >= 0.6 is 0 Å². The fraction of sp³-hybridized carbons (Fsp3) is 0.459. The fourth-order valence-electron chi connectivity index (χ4n) is 7.02. The molecule has 262 valence electrons. The summed E-state index contributed by atoms with van der Waals surface area (Å²) in [5, 5.41) is 18.4. The number of benzene rings is 2. The van der Waals surface area contributed by atoms with Gasteiger partial charge in [-0.2, -0.15) is 15.5 Å². The Labute approximate surface area is 290 Å². The van der Waals surface area contributed by atoms with E-state index >= 15 is 0 Å². The lowest BCUT2D eigenvalue weighted by Crippen LogP contribution is -2.64. The number of nitrogens with zero attached hydrogens (tertiary/aromatic N) is 7. The summed E-state index contributed by atoms with van der Waals surface area (Å²) in [5.41, 5.74) is 2.76. The van der Waals surface area contributed by atoms with Gasteiger partial charge in [0.05, 0.1) is 35.3 Å². The van der Waals surface area contributed by atoms with E-state index in [0.29, 0.717) is 35.7 Å². The Morgan fingerprint density at radius 1 is 1.06 bits per heavy atom. The van der Waals surface area contributed by atoms with Crippen LogP contribution in [-0.2, 0) is 39.3 Å². The Morgan fingerprint density at radius 2 is 1.82 bits per heavy atom. The molecular weight excluding hydrogens is 644 g/mol. The van der Waals surface area contributed by atoms with Gasteiger partial charge in [0.2, 0.25) is 11.8 Å². The van der Waals surface area contributed by atoms with Gasteiger partial charge in [-0.3, -0.25) is 14.5 Å². The molecule has 0 saturated carbocycles. The number of halogens is 2. The fourth-order valence-corrected chi connectivity index (χ4v) is 7.02. The highest BCUT2D eigenvalue weighted by Crippen LogP contribution is 2.39. The number of piperazine rings is 1. The molecule has 2 atom stereocenters. The van der Waals surface area contributed by atoms with Crippen LogP contribution in [0.15, 0.2) is 42.5 Å². The van der Waals surface area contributed by atoms with Crippen molar-refractivity contribution in [2.24, 2.45) is 0 Å². The molecule has 0 N–H and O–H groups in total. The molecule has 1 saturated heterocycles. The highest BCUT2D eigenvalue weighted by molar-refractivity contribution is 5.97. The standard InChI is InChI=1S/C37H41F2N7O4/c1-22-16-43(20-32(47)46-21-37(5,6)33-30(46)14-27(41-42-33)12-23-10-11-26(38)13-29(23)39)31(19-45(22)35(49)50-36(2,3)4)34(48)44-17-25-9-7-8-24(15-40)28(25)18-44/h7-11,13-14,22,31H,12,16-21H2,1-6H3/t22-,31+/m1/s1. The first-order valence-electron chi connectivity index (χ1n) is 16.7. The van der Waals surface area contributed by atoms with E-state index < -0.39 is 34.8 Å². The lowest BCUT2D eigenvalue weighted by atomic mass is 9.91. The second kappa shape index (κ2) is 13.1. The van der Waals surface area contributed by atoms with Crippen molar-refractivity contribution in [3.05, 3.63) is 87.7 Å². The van der Waals surface area contributed by atoms with E-state index in [1.165, 1.54) is 12.1 Å². The van der Waals surface area contributed by atoms with Gasteiger partial charge >= 0.3 is 6.09 Å². The lowest BCUT2D eigenvalue weighted by Gasteiger charge is -2.45. The summed E-state index contributed by atoms with van der Waals surface area (Å²) in [5.74, 6) is -1.89. The van der Waals surface area contributed by atoms with Crippen LogP contribution < -0.4 is 4.90 Å². The van der Waals surface area contributed by atoms with Gasteiger partial charge in [0.25, 0.3) is 0 Å². The van der Waals surface area contributed by atoms with Crippen LogP contribution in [0.4, 0.5) is 19.3 Å². The molecule has 2 aromatic carbocycles. The summed E-state index contributed by atoms with van der Waals surface area (Å²) in [6.07, 6.45) is -0.481. The van der Waals surface area contributed by atoms with Crippen LogP contribution in [0.5, 0.6) is 0 Å². The first kappa shape index (κ1) is 34.9. The highest BCUT2D eigenvalue weighted by atomic mass is 19.1. The zero-order valence-corrected chi connectivity index (χ0v) is 29.2. The topological polar surface area (TPSA) is 123 Å². The van der Waals surface area contributed by atoms with E-state index in [2.05, 4.69) is 16.3 Å². The summed E-state index contributed by atoms with van der Waals surface area (Å²) >= 11 is 0. The van der Waals surface area contributed by atoms with Gasteiger partial charge in [0.1, 0.15) is 23.3 Å². The molecular formula is C37H41F2N7O4. The number of carbonyl (C=O) groups is 3. The molecule has 0 bridgehead atoms. The summed E-state index contributed by atoms with van der Waals surface area (Å²) in [7, 11) is 0. The van der Waals surface area contributed by atoms with Crippen molar-refractivity contribution < 1.29 is 27.9 Å². The number of anilines is 1. The number of hydrogen-bond acceptors (Lipinski definition) is 8. The molecule has 1 aromatic heterocycles. The molecule has 1 fully saturated rings. The minimum absolute atomic E-state index is 0.0150. The van der Waals surface area contributed by atoms with Gasteiger partial charge in [0.15, 0.2) is 0 Å². The number of aromatic nitrogens is 2. The second-order valence-electron chi connectivity index (χ2n) is 15.0. The first-order chi connectivity index (χ1) is 23.5. The predicted octanol–water partition coefficient (Wildman–Crippen LogP) is 4.69. The summed E-state index contributed by atoms with van der Waals surface area (Å²) in [6.45, 7) is 12.1. The number of hydrogen-bond donors (Lipinski definition) is 0. The Hall–Kier alpha value is -4.96. The number of rotatable bonds is 5. The third-order valence-electron chi connectivity index (χ3n) is 9.51. The van der Waals surface area contributed by atoms with Crippen molar-refractivity contribution in [1.82, 2.24) is 24.9 Å². The Bertz CT molecular complexity index is 1900. The molecule has 11 nitrogen and oxygen atoms in total. The van der Waals surface area contributed by atoms with E-state index in [4.69, 9.17) is 4.74 Å². The van der Waals surface area contributed by atoms with Gasteiger partial charge in [0, 0.05) is 56.7 Å². The van der Waals surface area contributed by atoms with Gasteiger partial charge in [-0.1, -0.05) is 32.0 Å². The zero-order chi connectivity index (χ0) is 36.1. The van der Waals surface area contributed by atoms with Gasteiger partial charge in [-0.15, -0.1) is 0 Å². The monoisotopic (exact) mass is 685 g/mol. The van der Waals surface area contributed by atoms with Gasteiger partial charge in [-0.25, -0.2) is 13.6 Å². The second-order valence-corrected chi connectivity index (χ2v) is 15.0. The van der Waals surface area contributed by atoms with Crippen LogP contribution in [-0.4, -0.2) is 86.7 Å². The average Bonchev–Trinajstić information content (AvgIpc) is 3.59. The largest absolute Gasteiger partial charge is 0.444 e. The van der Waals surface area contributed by atoms with Crippen molar-refractivity contribution in [3.63, 3.8) is 0 Å². The van der Waals surface area contributed by atoms with E-state index in [-0.39, 0.29) is 56.0 Å². The average molecular weight is 686 g/mol. The molecule has 3 aliphatic heterocycles. The van der Waals surface area contributed by atoms with Crippen LogP contribution in [0.25, 0.3) is 0 Å². The Kier molecular flexibility index (Phi) is 9.11. The number of fused-ring (bicyclic) bond motifs is 2. The zero-order valence-electron chi connectivity index (χ0n) is 29.2. The summed E-state index contributed by atoms with van der Waals surface area (Å²) in [4.78, 5) is 48.6. The molecule has 3 aliphatic rings. The maximum atomic E-state index is 14.5. The highest BCUT2D eigenvalue weighted by Gasteiger charge is 2.45. The number of ether oxygens (including phenoxy) is 1. The smallest absolute Gasteiger partial charge is 0.410 e. The molecule has 50 heavy (non-hydrogen) atoms. The molecule has 0 unspecified atom stereocenters. The van der Waals surface area contributed by atoms with Crippen LogP contribution in [0.3, 0.4) is 0 Å². The quantitative estimate of drug-likeness (QED) is 0.379. The molecule has 0 radical (unpaired) electrons. The number of carbonyl (C=O) groups excluding carboxylic acids is 3. The molecule has 0 spiro atoms. The van der Waals surface area contributed by atoms with E-state index in [1.807, 2.05) is 31.7 Å². The third-order valence-corrected chi connectivity index (χ3v) is 9.51. The first-order valence-corrected chi connectivity index (χ1v) is 16.7. The van der Waals surface area contributed by atoms with Gasteiger partial charge in [-0.05, 0) is 62.6 Å². The lowest BCUT2D eigenvalue weighted by molar-refractivity contribution is -0.141. The minimum atomic E-state index is -0.856. The normalized spacial score (nSPS) is 19.9. The van der Waals surface area contributed by atoms with Crippen molar-refractivity contribution in [2.75, 3.05) is 31.1 Å². The molecule has 6 rings (SSSR count). The van der Waals surface area contributed by atoms with E-state index in [9.17, 15) is 28.4 Å². The van der Waals surface area contributed by atoms with Crippen molar-refractivity contribution in [2.45, 2.75) is 84.2 Å². The maximum Gasteiger partial charge on any atom is 0.410 e. The van der Waals surface area contributed by atoms with E-state index in [0.717, 1.165) is 17.2 Å². The van der Waals surface area contributed by atoms with Crippen molar-refractivity contribution in [3.8, 4) is 6.07 Å². The number of amides is 3. The third kappa shape index (κ3) is 6.89. The van der Waals surface area contributed by atoms with Crippen LogP contribution in [0, 0.1) is 23.0 Å². The van der Waals surface area contributed by atoms with Crippen molar-refractivity contribution in [1.29, 1.82) is 5.26 Å². The molecule has 13 heteroatoms. The maximum absolute atomic E-state index is 14.5. The molecule has 3 amide bonds. The SMILES string of the molecule is C[C@@H]1CN(CC(=O)N2CC(C)(C)c3nnc(Cc4ccc(F)cc4F)cc32)[C@H](C(=O)N2Cc3cccc(C#N)c3C2)CN1C(=O)OC(C)(C)C. The van der Waals surface area contributed by atoms with Crippen LogP contribution in [0.1, 0.15) is 75.2 Å². The molecule has 3 aromatic rings. The number of nitriles is 1. The van der Waals surface area contributed by atoms with E-state index in [1.54, 1.807) is 53.7 Å². The Morgan fingerprint density at radius 3 is 2.52 bits per heavy atom. The Balaban J connectivity index is 1.27. The minimum Gasteiger partial charge on any atom is -0.444 e. The summed E-state index contributed by atoms with van der Waals surface area (Å²) < 4.78 is 33.7. The summed E-state index contributed by atoms with van der Waals surface area (Å²) in [6, 6.07) is 11.5. The molecule has 4 heterocycles. The predicted molar refractivity (Wildman–Crippen MR) is 180 cm³/mol. The molecule has 0 aliphatic carbocycles. The van der Waals surface area contributed by atoms with Crippen molar-refractivity contribution >= 4 is 23.6 Å². The van der Waals surface area contributed by atoms with Crippen LogP contribution in [0.2, 0.25) is 0 Å².